The summed E-state index contributed by atoms with van der Waals surface area (Å²) in [5.74, 6) is -0.132. The smallest absolute Gasteiger partial charge is 0.270 e. The highest BCUT2D eigenvalue weighted by Gasteiger charge is 2.14. The molecule has 0 unspecified atom stereocenters. The molecule has 0 saturated carbocycles. The zero-order chi connectivity index (χ0) is 16.4. The number of Topliss-reactive ketones (excluding diaryl/α,β-unsaturated/α-hetero) is 1. The summed E-state index contributed by atoms with van der Waals surface area (Å²) in [5, 5.41) is 11.6. The van der Waals surface area contributed by atoms with Crippen molar-refractivity contribution >= 4 is 22.4 Å². The Kier molecular flexibility index (Phi) is 3.80. The van der Waals surface area contributed by atoms with Crippen LogP contribution in [0.4, 0.5) is 5.69 Å². The quantitative estimate of drug-likeness (QED) is 0.419. The summed E-state index contributed by atoms with van der Waals surface area (Å²) in [7, 11) is 0. The first-order valence-electron chi connectivity index (χ1n) is 7.03. The number of aromatic nitrogens is 2. The topological polar surface area (TPSA) is 86.0 Å². The molecular weight excluding hydrogens is 294 g/mol. The molecule has 3 rings (SSSR count). The number of non-ortho nitro benzene ring substituents is 1. The molecule has 2 aromatic heterocycles. The predicted molar refractivity (Wildman–Crippen MR) is 85.4 cm³/mol. The third kappa shape index (κ3) is 3.06. The van der Waals surface area contributed by atoms with Crippen LogP contribution in [0, 0.1) is 17.0 Å². The highest BCUT2D eigenvalue weighted by Crippen LogP contribution is 2.23. The van der Waals surface area contributed by atoms with Crippen molar-refractivity contribution in [2.75, 3.05) is 0 Å². The van der Waals surface area contributed by atoms with Gasteiger partial charge >= 0.3 is 0 Å². The minimum atomic E-state index is -0.458. The van der Waals surface area contributed by atoms with Crippen LogP contribution in [0.1, 0.15) is 21.7 Å². The van der Waals surface area contributed by atoms with Gasteiger partial charge in [0.15, 0.2) is 5.78 Å². The fourth-order valence-electron chi connectivity index (χ4n) is 2.42. The molecule has 2 heterocycles. The summed E-state index contributed by atoms with van der Waals surface area (Å²) in [6, 6.07) is 11.4. The first kappa shape index (κ1) is 14.8. The molecule has 0 spiro atoms. The standard InChI is InChI=1S/C17H13N3O3/c1-11-3-2-4-16(19-11)17(21)9-12-7-8-18-15-6-5-13(20(22)23)10-14(12)15/h2-8,10H,9H2,1H3. The Morgan fingerprint density at radius 3 is 2.78 bits per heavy atom. The van der Waals surface area contributed by atoms with E-state index in [-0.39, 0.29) is 17.9 Å². The lowest BCUT2D eigenvalue weighted by Crippen LogP contribution is -2.07. The highest BCUT2D eigenvalue weighted by atomic mass is 16.6. The van der Waals surface area contributed by atoms with Gasteiger partial charge in [0.05, 0.1) is 10.4 Å². The number of hydrogen-bond donors (Lipinski definition) is 0. The lowest BCUT2D eigenvalue weighted by Gasteiger charge is -2.06. The molecule has 0 aliphatic heterocycles. The molecule has 0 N–H and O–H groups in total. The monoisotopic (exact) mass is 307 g/mol. The van der Waals surface area contributed by atoms with Gasteiger partial charge < -0.3 is 0 Å². The van der Waals surface area contributed by atoms with Gasteiger partial charge in [-0.05, 0) is 36.8 Å². The number of aryl methyl sites for hydroxylation is 1. The second-order valence-electron chi connectivity index (χ2n) is 5.19. The van der Waals surface area contributed by atoms with E-state index in [9.17, 15) is 14.9 Å². The van der Waals surface area contributed by atoms with Crippen molar-refractivity contribution in [3.05, 3.63) is 75.7 Å². The molecule has 0 aliphatic rings. The van der Waals surface area contributed by atoms with Crippen LogP contribution < -0.4 is 0 Å². The van der Waals surface area contributed by atoms with Gasteiger partial charge in [0.25, 0.3) is 5.69 Å². The molecule has 0 atom stereocenters. The normalized spacial score (nSPS) is 10.7. The molecule has 0 aliphatic carbocycles. The van der Waals surface area contributed by atoms with Gasteiger partial charge in [-0.2, -0.15) is 0 Å². The summed E-state index contributed by atoms with van der Waals surface area (Å²) < 4.78 is 0. The van der Waals surface area contributed by atoms with E-state index in [4.69, 9.17) is 0 Å². The number of fused-ring (bicyclic) bond motifs is 1. The number of hydrogen-bond acceptors (Lipinski definition) is 5. The van der Waals surface area contributed by atoms with Crippen LogP contribution in [-0.4, -0.2) is 20.7 Å². The maximum Gasteiger partial charge on any atom is 0.270 e. The number of pyridine rings is 2. The molecule has 114 valence electrons. The summed E-state index contributed by atoms with van der Waals surface area (Å²) in [5.41, 5.74) is 2.46. The van der Waals surface area contributed by atoms with Crippen molar-refractivity contribution in [3.8, 4) is 0 Å². The molecule has 6 nitrogen and oxygen atoms in total. The van der Waals surface area contributed by atoms with E-state index >= 15 is 0 Å². The van der Waals surface area contributed by atoms with Crippen molar-refractivity contribution < 1.29 is 9.72 Å². The van der Waals surface area contributed by atoms with E-state index in [2.05, 4.69) is 9.97 Å². The van der Waals surface area contributed by atoms with Gasteiger partial charge in [0.1, 0.15) is 5.69 Å². The Morgan fingerprint density at radius 2 is 2.04 bits per heavy atom. The average Bonchev–Trinajstić information content (AvgIpc) is 2.54. The van der Waals surface area contributed by atoms with Gasteiger partial charge in [-0.25, -0.2) is 0 Å². The molecule has 23 heavy (non-hydrogen) atoms. The summed E-state index contributed by atoms with van der Waals surface area (Å²) in [6.45, 7) is 1.82. The van der Waals surface area contributed by atoms with Gasteiger partial charge in [-0.3, -0.25) is 24.9 Å². The number of carbonyl (C=O) groups excluding carboxylic acids is 1. The molecule has 0 saturated heterocycles. The van der Waals surface area contributed by atoms with Crippen LogP contribution in [0.25, 0.3) is 10.9 Å². The van der Waals surface area contributed by atoms with E-state index in [0.29, 0.717) is 22.2 Å². The number of carbonyl (C=O) groups is 1. The minimum absolute atomic E-state index is 0.0205. The van der Waals surface area contributed by atoms with Crippen LogP contribution in [0.5, 0.6) is 0 Å². The Bertz CT molecular complexity index is 922. The number of nitro benzene ring substituents is 1. The van der Waals surface area contributed by atoms with Gasteiger partial charge in [0, 0.05) is 35.8 Å². The van der Waals surface area contributed by atoms with Crippen LogP contribution in [-0.2, 0) is 6.42 Å². The van der Waals surface area contributed by atoms with Crippen molar-refractivity contribution in [3.63, 3.8) is 0 Å². The van der Waals surface area contributed by atoms with E-state index in [1.165, 1.54) is 12.1 Å². The zero-order valence-corrected chi connectivity index (χ0v) is 12.4. The molecule has 0 radical (unpaired) electrons. The lowest BCUT2D eigenvalue weighted by molar-refractivity contribution is -0.384. The largest absolute Gasteiger partial charge is 0.292 e. The van der Waals surface area contributed by atoms with Crippen LogP contribution >= 0.6 is 0 Å². The summed E-state index contributed by atoms with van der Waals surface area (Å²) >= 11 is 0. The Labute approximate surface area is 132 Å². The zero-order valence-electron chi connectivity index (χ0n) is 12.4. The Balaban J connectivity index is 2.00. The van der Waals surface area contributed by atoms with E-state index in [0.717, 1.165) is 5.69 Å². The second kappa shape index (κ2) is 5.92. The SMILES string of the molecule is Cc1cccc(C(=O)Cc2ccnc3ccc([N+](=O)[O-])cc23)n1. The van der Waals surface area contributed by atoms with Crippen LogP contribution in [0.2, 0.25) is 0 Å². The lowest BCUT2D eigenvalue weighted by atomic mass is 10.0. The molecule has 0 bridgehead atoms. The molecule has 0 fully saturated rings. The Hall–Kier alpha value is -3.15. The second-order valence-corrected chi connectivity index (χ2v) is 5.19. The number of ketones is 1. The number of nitro groups is 1. The maximum atomic E-state index is 12.4. The molecule has 0 amide bonds. The van der Waals surface area contributed by atoms with Crippen molar-refractivity contribution in [1.29, 1.82) is 0 Å². The molecule has 3 aromatic rings. The van der Waals surface area contributed by atoms with Crippen molar-refractivity contribution in [2.45, 2.75) is 13.3 Å². The van der Waals surface area contributed by atoms with Gasteiger partial charge in [-0.1, -0.05) is 6.07 Å². The summed E-state index contributed by atoms with van der Waals surface area (Å²) in [6.07, 6.45) is 1.72. The third-order valence-corrected chi connectivity index (χ3v) is 3.55. The molecular formula is C17H13N3O3. The van der Waals surface area contributed by atoms with E-state index in [1.54, 1.807) is 30.5 Å². The molecule has 6 heteroatoms. The fourth-order valence-corrected chi connectivity index (χ4v) is 2.42. The molecule has 1 aromatic carbocycles. The number of rotatable bonds is 4. The van der Waals surface area contributed by atoms with Crippen molar-refractivity contribution in [2.24, 2.45) is 0 Å². The first-order valence-corrected chi connectivity index (χ1v) is 7.03. The van der Waals surface area contributed by atoms with E-state index in [1.807, 2.05) is 13.0 Å². The van der Waals surface area contributed by atoms with Crippen LogP contribution in [0.15, 0.2) is 48.7 Å². The van der Waals surface area contributed by atoms with Gasteiger partial charge in [0.2, 0.25) is 0 Å². The predicted octanol–water partition coefficient (Wildman–Crippen LogP) is 3.27. The minimum Gasteiger partial charge on any atom is -0.292 e. The number of benzene rings is 1. The third-order valence-electron chi connectivity index (χ3n) is 3.55. The average molecular weight is 307 g/mol. The number of nitrogens with zero attached hydrogens (tertiary/aromatic N) is 3. The van der Waals surface area contributed by atoms with Crippen LogP contribution in [0.3, 0.4) is 0 Å². The maximum absolute atomic E-state index is 12.4. The van der Waals surface area contributed by atoms with Crippen molar-refractivity contribution in [1.82, 2.24) is 9.97 Å². The fraction of sp³-hybridized carbons (Fsp3) is 0.118. The summed E-state index contributed by atoms with van der Waals surface area (Å²) in [4.78, 5) is 31.3. The Morgan fingerprint density at radius 1 is 1.22 bits per heavy atom. The highest BCUT2D eigenvalue weighted by molar-refractivity contribution is 5.98. The van der Waals surface area contributed by atoms with E-state index < -0.39 is 4.92 Å². The van der Waals surface area contributed by atoms with Gasteiger partial charge in [-0.15, -0.1) is 0 Å². The first-order chi connectivity index (χ1) is 11.0.